The molecule has 0 bridgehead atoms. The SMILES string of the molecule is CC.CCc1cnn(C2CCOCC2)c1C. The second-order valence-corrected chi connectivity index (χ2v) is 3.90. The number of hydrogen-bond acceptors (Lipinski definition) is 2. The zero-order valence-electron chi connectivity index (χ0n) is 11.0. The van der Waals surface area contributed by atoms with E-state index in [1.807, 2.05) is 20.0 Å². The van der Waals surface area contributed by atoms with Gasteiger partial charge >= 0.3 is 0 Å². The van der Waals surface area contributed by atoms with E-state index in [1.165, 1.54) is 11.3 Å². The van der Waals surface area contributed by atoms with Gasteiger partial charge in [-0.15, -0.1) is 0 Å². The number of aromatic nitrogens is 2. The topological polar surface area (TPSA) is 27.1 Å². The third kappa shape index (κ3) is 2.85. The Labute approximate surface area is 98.8 Å². The summed E-state index contributed by atoms with van der Waals surface area (Å²) in [5.74, 6) is 0. The van der Waals surface area contributed by atoms with Crippen LogP contribution in [-0.4, -0.2) is 23.0 Å². The van der Waals surface area contributed by atoms with Crippen LogP contribution in [0.1, 0.15) is 50.9 Å². The van der Waals surface area contributed by atoms with Gasteiger partial charge in [-0.1, -0.05) is 20.8 Å². The molecule has 0 aliphatic carbocycles. The van der Waals surface area contributed by atoms with Crippen LogP contribution in [0.4, 0.5) is 0 Å². The Kier molecular flexibility index (Phi) is 5.53. The van der Waals surface area contributed by atoms with Crippen LogP contribution in [0.25, 0.3) is 0 Å². The van der Waals surface area contributed by atoms with Crippen molar-refractivity contribution in [2.24, 2.45) is 0 Å². The second-order valence-electron chi connectivity index (χ2n) is 3.90. The Morgan fingerprint density at radius 2 is 2.00 bits per heavy atom. The van der Waals surface area contributed by atoms with Crippen LogP contribution in [-0.2, 0) is 11.2 Å². The highest BCUT2D eigenvalue weighted by atomic mass is 16.5. The van der Waals surface area contributed by atoms with Crippen LogP contribution in [0.5, 0.6) is 0 Å². The van der Waals surface area contributed by atoms with Crippen molar-refractivity contribution < 1.29 is 4.74 Å². The molecule has 0 amide bonds. The van der Waals surface area contributed by atoms with Crippen LogP contribution < -0.4 is 0 Å². The lowest BCUT2D eigenvalue weighted by Crippen LogP contribution is -2.21. The molecule has 1 aliphatic rings. The summed E-state index contributed by atoms with van der Waals surface area (Å²) in [6, 6.07) is 0.559. The molecule has 1 aromatic heterocycles. The molecule has 3 heteroatoms. The summed E-state index contributed by atoms with van der Waals surface area (Å²) >= 11 is 0. The monoisotopic (exact) mass is 224 g/mol. The quantitative estimate of drug-likeness (QED) is 0.771. The van der Waals surface area contributed by atoms with Gasteiger partial charge in [0.05, 0.1) is 12.2 Å². The van der Waals surface area contributed by atoms with Gasteiger partial charge in [-0.2, -0.15) is 5.10 Å². The average Bonchev–Trinajstić information content (AvgIpc) is 2.74. The van der Waals surface area contributed by atoms with Gasteiger partial charge in [0.15, 0.2) is 0 Å². The smallest absolute Gasteiger partial charge is 0.0566 e. The number of rotatable bonds is 2. The molecule has 1 aliphatic heterocycles. The van der Waals surface area contributed by atoms with Crippen molar-refractivity contribution in [2.45, 2.75) is 53.0 Å². The first-order valence-corrected chi connectivity index (χ1v) is 6.43. The molecule has 3 nitrogen and oxygen atoms in total. The zero-order valence-corrected chi connectivity index (χ0v) is 11.0. The van der Waals surface area contributed by atoms with E-state index < -0.39 is 0 Å². The molecule has 0 spiro atoms. The molecule has 1 saturated heterocycles. The highest BCUT2D eigenvalue weighted by Crippen LogP contribution is 2.23. The van der Waals surface area contributed by atoms with E-state index in [-0.39, 0.29) is 0 Å². The molecule has 0 atom stereocenters. The molecule has 2 heterocycles. The Morgan fingerprint density at radius 3 is 2.50 bits per heavy atom. The maximum Gasteiger partial charge on any atom is 0.0566 e. The lowest BCUT2D eigenvalue weighted by molar-refractivity contribution is 0.0656. The first-order valence-electron chi connectivity index (χ1n) is 6.43. The fourth-order valence-electron chi connectivity index (χ4n) is 2.10. The van der Waals surface area contributed by atoms with Crippen LogP contribution in [0.2, 0.25) is 0 Å². The highest BCUT2D eigenvalue weighted by molar-refractivity contribution is 5.16. The summed E-state index contributed by atoms with van der Waals surface area (Å²) in [5, 5.41) is 4.47. The van der Waals surface area contributed by atoms with Crippen molar-refractivity contribution in [3.63, 3.8) is 0 Å². The van der Waals surface area contributed by atoms with Gasteiger partial charge in [-0.3, -0.25) is 4.68 Å². The van der Waals surface area contributed by atoms with E-state index in [2.05, 4.69) is 23.6 Å². The molecular weight excluding hydrogens is 200 g/mol. The van der Waals surface area contributed by atoms with Gasteiger partial charge in [0.25, 0.3) is 0 Å². The third-order valence-electron chi connectivity index (χ3n) is 3.06. The minimum Gasteiger partial charge on any atom is -0.381 e. The van der Waals surface area contributed by atoms with E-state index in [1.54, 1.807) is 0 Å². The predicted molar refractivity (Wildman–Crippen MR) is 66.8 cm³/mol. The van der Waals surface area contributed by atoms with Crippen LogP contribution in [0.15, 0.2) is 6.20 Å². The van der Waals surface area contributed by atoms with E-state index in [9.17, 15) is 0 Å². The molecule has 2 rings (SSSR count). The summed E-state index contributed by atoms with van der Waals surface area (Å²) < 4.78 is 7.53. The molecule has 92 valence electrons. The van der Waals surface area contributed by atoms with Crippen molar-refractivity contribution in [3.05, 3.63) is 17.5 Å². The van der Waals surface area contributed by atoms with Crippen LogP contribution in [0.3, 0.4) is 0 Å². The van der Waals surface area contributed by atoms with E-state index in [0.29, 0.717) is 6.04 Å². The first-order chi connectivity index (χ1) is 7.83. The second kappa shape index (κ2) is 6.69. The van der Waals surface area contributed by atoms with Crippen LogP contribution in [0, 0.1) is 6.92 Å². The third-order valence-corrected chi connectivity index (χ3v) is 3.06. The van der Waals surface area contributed by atoms with Gasteiger partial charge in [0, 0.05) is 18.9 Å². The normalized spacial score (nSPS) is 16.8. The maximum atomic E-state index is 5.35. The van der Waals surface area contributed by atoms with E-state index in [4.69, 9.17) is 4.74 Å². The van der Waals surface area contributed by atoms with Crippen molar-refractivity contribution in [1.29, 1.82) is 0 Å². The summed E-state index contributed by atoms with van der Waals surface area (Å²) in [5.41, 5.74) is 2.70. The van der Waals surface area contributed by atoms with Crippen molar-refractivity contribution in [2.75, 3.05) is 13.2 Å². The maximum absolute atomic E-state index is 5.35. The van der Waals surface area contributed by atoms with Gasteiger partial charge in [0.1, 0.15) is 0 Å². The fourth-order valence-corrected chi connectivity index (χ4v) is 2.10. The van der Waals surface area contributed by atoms with Gasteiger partial charge in [-0.05, 0) is 31.7 Å². The largest absolute Gasteiger partial charge is 0.381 e. The van der Waals surface area contributed by atoms with Crippen LogP contribution >= 0.6 is 0 Å². The summed E-state index contributed by atoms with van der Waals surface area (Å²) in [6.07, 6.45) is 5.29. The van der Waals surface area contributed by atoms with E-state index in [0.717, 1.165) is 32.5 Å². The van der Waals surface area contributed by atoms with Gasteiger partial charge < -0.3 is 4.74 Å². The Hall–Kier alpha value is -0.830. The number of nitrogens with zero attached hydrogens (tertiary/aromatic N) is 2. The standard InChI is InChI=1S/C11H18N2O.C2H6/c1-3-10-8-12-13(9(10)2)11-4-6-14-7-5-11;1-2/h8,11H,3-7H2,1-2H3;1-2H3. The first kappa shape index (κ1) is 13.2. The lowest BCUT2D eigenvalue weighted by Gasteiger charge is -2.23. The highest BCUT2D eigenvalue weighted by Gasteiger charge is 2.18. The van der Waals surface area contributed by atoms with E-state index >= 15 is 0 Å². The lowest BCUT2D eigenvalue weighted by atomic mass is 10.1. The molecule has 0 aromatic carbocycles. The zero-order chi connectivity index (χ0) is 12.0. The Balaban J connectivity index is 0.000000606. The average molecular weight is 224 g/mol. The summed E-state index contributed by atoms with van der Waals surface area (Å²) in [4.78, 5) is 0. The minimum atomic E-state index is 0.559. The molecule has 0 N–H and O–H groups in total. The van der Waals surface area contributed by atoms with Crippen molar-refractivity contribution in [1.82, 2.24) is 9.78 Å². The number of aryl methyl sites for hydroxylation is 1. The molecule has 1 aromatic rings. The number of hydrogen-bond donors (Lipinski definition) is 0. The molecule has 16 heavy (non-hydrogen) atoms. The minimum absolute atomic E-state index is 0.559. The van der Waals surface area contributed by atoms with Crippen molar-refractivity contribution >= 4 is 0 Å². The molecular formula is C13H24N2O. The Morgan fingerprint density at radius 1 is 1.38 bits per heavy atom. The van der Waals surface area contributed by atoms with Gasteiger partial charge in [-0.25, -0.2) is 0 Å². The van der Waals surface area contributed by atoms with Crippen molar-refractivity contribution in [3.8, 4) is 0 Å². The Bertz CT molecular complexity index is 301. The number of ether oxygens (including phenoxy) is 1. The molecule has 0 saturated carbocycles. The fraction of sp³-hybridized carbons (Fsp3) is 0.769. The molecule has 0 radical (unpaired) electrons. The van der Waals surface area contributed by atoms with Gasteiger partial charge in [0.2, 0.25) is 0 Å². The predicted octanol–water partition coefficient (Wildman–Crippen LogP) is 3.13. The summed E-state index contributed by atoms with van der Waals surface area (Å²) in [6.45, 7) is 10.1. The summed E-state index contributed by atoms with van der Waals surface area (Å²) in [7, 11) is 0. The molecule has 1 fully saturated rings. The molecule has 0 unspecified atom stereocenters.